The van der Waals surface area contributed by atoms with E-state index >= 15 is 0 Å². The zero-order chi connectivity index (χ0) is 15.6. The number of benzene rings is 2. The number of hydrogen-bond acceptors (Lipinski definition) is 3. The van der Waals surface area contributed by atoms with Crippen LogP contribution in [-0.4, -0.2) is 14.3 Å². The molecule has 0 radical (unpaired) electrons. The van der Waals surface area contributed by atoms with Crippen molar-refractivity contribution in [2.24, 2.45) is 0 Å². The maximum absolute atomic E-state index is 13.1. The van der Waals surface area contributed by atoms with Gasteiger partial charge in [-0.3, -0.25) is 4.79 Å². The van der Waals surface area contributed by atoms with Crippen LogP contribution in [0.1, 0.15) is 10.4 Å². The summed E-state index contributed by atoms with van der Waals surface area (Å²) in [5, 5.41) is 2.68. The van der Waals surface area contributed by atoms with Crippen LogP contribution in [0.3, 0.4) is 0 Å². The number of nitrogens with one attached hydrogen (secondary N) is 1. The molecule has 2 aromatic rings. The normalized spacial score (nSPS) is 11.2. The Balaban J connectivity index is 2.34. The van der Waals surface area contributed by atoms with Crippen molar-refractivity contribution in [3.8, 4) is 0 Å². The molecular formula is C13H8BrClFNO3S. The second kappa shape index (κ2) is 6.13. The SMILES string of the molecule is O=C(Nc1ccccc1S(=O)(=O)F)c1ccc(Br)c(Cl)c1. The lowest BCUT2D eigenvalue weighted by molar-refractivity contribution is 0.102. The fourth-order valence-electron chi connectivity index (χ4n) is 1.61. The van der Waals surface area contributed by atoms with Crippen LogP contribution in [-0.2, 0) is 10.2 Å². The molecule has 0 aliphatic carbocycles. The van der Waals surface area contributed by atoms with Crippen molar-refractivity contribution in [1.82, 2.24) is 0 Å². The highest BCUT2D eigenvalue weighted by atomic mass is 79.9. The number of rotatable bonds is 3. The average Bonchev–Trinajstić information content (AvgIpc) is 2.41. The fraction of sp³-hybridized carbons (Fsp3) is 0. The number of carbonyl (C=O) groups excluding carboxylic acids is 1. The topological polar surface area (TPSA) is 63.2 Å². The maximum Gasteiger partial charge on any atom is 0.334 e. The molecule has 0 heterocycles. The average molecular weight is 393 g/mol. The third-order valence-electron chi connectivity index (χ3n) is 2.58. The molecule has 0 atom stereocenters. The fourth-order valence-corrected chi connectivity index (χ4v) is 2.66. The molecule has 2 rings (SSSR count). The first kappa shape index (κ1) is 15.9. The summed E-state index contributed by atoms with van der Waals surface area (Å²) < 4.78 is 35.8. The van der Waals surface area contributed by atoms with Crippen LogP contribution in [0, 0.1) is 0 Å². The summed E-state index contributed by atoms with van der Waals surface area (Å²) in [6.07, 6.45) is 0. The van der Waals surface area contributed by atoms with Gasteiger partial charge in [-0.1, -0.05) is 23.7 Å². The van der Waals surface area contributed by atoms with E-state index in [2.05, 4.69) is 21.2 Å². The van der Waals surface area contributed by atoms with Gasteiger partial charge >= 0.3 is 10.2 Å². The van der Waals surface area contributed by atoms with Gasteiger partial charge in [0.2, 0.25) is 0 Å². The smallest absolute Gasteiger partial charge is 0.321 e. The molecule has 0 aliphatic heterocycles. The van der Waals surface area contributed by atoms with Crippen LogP contribution in [0.5, 0.6) is 0 Å². The highest BCUT2D eigenvalue weighted by molar-refractivity contribution is 9.10. The number of anilines is 1. The van der Waals surface area contributed by atoms with Crippen molar-refractivity contribution in [2.75, 3.05) is 5.32 Å². The molecule has 110 valence electrons. The summed E-state index contributed by atoms with van der Waals surface area (Å²) in [5.74, 6) is -0.597. The van der Waals surface area contributed by atoms with E-state index in [1.165, 1.54) is 30.3 Å². The molecule has 8 heteroatoms. The molecular weight excluding hydrogens is 385 g/mol. The van der Waals surface area contributed by atoms with Crippen molar-refractivity contribution >= 4 is 49.3 Å². The summed E-state index contributed by atoms with van der Waals surface area (Å²) >= 11 is 9.07. The minimum Gasteiger partial charge on any atom is -0.321 e. The number of carbonyl (C=O) groups is 1. The highest BCUT2D eigenvalue weighted by Gasteiger charge is 2.18. The lowest BCUT2D eigenvalue weighted by Crippen LogP contribution is -2.14. The van der Waals surface area contributed by atoms with Crippen molar-refractivity contribution < 1.29 is 17.1 Å². The van der Waals surface area contributed by atoms with Gasteiger partial charge in [-0.15, -0.1) is 3.89 Å². The molecule has 0 aliphatic rings. The zero-order valence-electron chi connectivity index (χ0n) is 10.3. The first-order valence-corrected chi connectivity index (χ1v) is 8.14. The summed E-state index contributed by atoms with van der Waals surface area (Å²) in [4.78, 5) is 11.5. The first-order valence-electron chi connectivity index (χ1n) is 5.59. The molecule has 21 heavy (non-hydrogen) atoms. The van der Waals surface area contributed by atoms with Crippen LogP contribution < -0.4 is 5.32 Å². The summed E-state index contributed by atoms with van der Waals surface area (Å²) in [6, 6.07) is 9.70. The van der Waals surface area contributed by atoms with Gasteiger partial charge in [-0.05, 0) is 46.3 Å². The second-order valence-corrected chi connectivity index (χ2v) is 6.59. The van der Waals surface area contributed by atoms with Crippen LogP contribution in [0.4, 0.5) is 9.57 Å². The number of amides is 1. The van der Waals surface area contributed by atoms with E-state index in [4.69, 9.17) is 11.6 Å². The van der Waals surface area contributed by atoms with Crippen molar-refractivity contribution in [2.45, 2.75) is 4.90 Å². The Bertz CT molecular complexity index is 811. The number of hydrogen-bond donors (Lipinski definition) is 1. The van der Waals surface area contributed by atoms with E-state index < -0.39 is 21.0 Å². The Morgan fingerprint density at radius 3 is 2.48 bits per heavy atom. The molecule has 0 bridgehead atoms. The summed E-state index contributed by atoms with van der Waals surface area (Å²) in [5.41, 5.74) is 0.0818. The van der Waals surface area contributed by atoms with Gasteiger partial charge in [0.05, 0.1) is 10.7 Å². The minimum absolute atomic E-state index is 0.135. The van der Waals surface area contributed by atoms with Gasteiger partial charge in [-0.2, -0.15) is 8.42 Å². The van der Waals surface area contributed by atoms with Crippen molar-refractivity contribution in [1.29, 1.82) is 0 Å². The quantitative estimate of drug-likeness (QED) is 0.803. The molecule has 0 fully saturated rings. The molecule has 0 saturated carbocycles. The first-order chi connectivity index (χ1) is 9.79. The van der Waals surface area contributed by atoms with Crippen LogP contribution >= 0.6 is 27.5 Å². The molecule has 0 unspecified atom stereocenters. The van der Waals surface area contributed by atoms with Crippen molar-refractivity contribution in [3.63, 3.8) is 0 Å². The Labute approximate surface area is 134 Å². The third-order valence-corrected chi connectivity index (χ3v) is 4.69. The van der Waals surface area contributed by atoms with Gasteiger partial charge in [0.1, 0.15) is 4.90 Å². The van der Waals surface area contributed by atoms with Gasteiger partial charge in [-0.25, -0.2) is 0 Å². The monoisotopic (exact) mass is 391 g/mol. The Morgan fingerprint density at radius 2 is 1.86 bits per heavy atom. The predicted molar refractivity (Wildman–Crippen MR) is 81.8 cm³/mol. The molecule has 0 aromatic heterocycles. The van der Waals surface area contributed by atoms with Crippen LogP contribution in [0.25, 0.3) is 0 Å². The Kier molecular flexibility index (Phi) is 4.65. The van der Waals surface area contributed by atoms with Gasteiger partial charge < -0.3 is 5.32 Å². The summed E-state index contributed by atoms with van der Waals surface area (Å²) in [6.45, 7) is 0. The van der Waals surface area contributed by atoms with E-state index in [9.17, 15) is 17.1 Å². The van der Waals surface area contributed by atoms with E-state index in [-0.39, 0.29) is 11.3 Å². The lowest BCUT2D eigenvalue weighted by Gasteiger charge is -2.09. The molecule has 0 spiro atoms. The van der Waals surface area contributed by atoms with Crippen LogP contribution in [0.2, 0.25) is 5.02 Å². The van der Waals surface area contributed by atoms with E-state index in [1.54, 1.807) is 6.07 Å². The molecule has 0 saturated heterocycles. The van der Waals surface area contributed by atoms with Crippen molar-refractivity contribution in [3.05, 3.63) is 57.5 Å². The Morgan fingerprint density at radius 1 is 1.19 bits per heavy atom. The second-order valence-electron chi connectivity index (χ2n) is 4.02. The molecule has 1 amide bonds. The molecule has 2 aromatic carbocycles. The standard InChI is InChI=1S/C13H8BrClFNO3S/c14-9-6-5-8(7-10(9)15)13(18)17-11-3-1-2-4-12(11)21(16,19)20/h1-7H,(H,17,18). The van der Waals surface area contributed by atoms with E-state index in [1.807, 2.05) is 0 Å². The zero-order valence-corrected chi connectivity index (χ0v) is 13.5. The summed E-state index contributed by atoms with van der Waals surface area (Å²) in [7, 11) is -4.92. The minimum atomic E-state index is -4.92. The van der Waals surface area contributed by atoms with Gasteiger partial charge in [0, 0.05) is 10.0 Å². The largest absolute Gasteiger partial charge is 0.334 e. The van der Waals surface area contributed by atoms with Crippen LogP contribution in [0.15, 0.2) is 51.8 Å². The number of halogens is 3. The lowest BCUT2D eigenvalue weighted by atomic mass is 10.2. The Hall–Kier alpha value is -1.44. The van der Waals surface area contributed by atoms with E-state index in [0.29, 0.717) is 9.50 Å². The van der Waals surface area contributed by atoms with E-state index in [0.717, 1.165) is 6.07 Å². The van der Waals surface area contributed by atoms with Gasteiger partial charge in [0.25, 0.3) is 5.91 Å². The predicted octanol–water partition coefficient (Wildman–Crippen LogP) is 4.01. The third kappa shape index (κ3) is 3.81. The highest BCUT2D eigenvalue weighted by Crippen LogP contribution is 2.26. The molecule has 4 nitrogen and oxygen atoms in total. The number of para-hydroxylation sites is 1. The maximum atomic E-state index is 13.1. The molecule has 1 N–H and O–H groups in total. The van der Waals surface area contributed by atoms with Gasteiger partial charge in [0.15, 0.2) is 0 Å².